The van der Waals surface area contributed by atoms with Gasteiger partial charge in [-0.25, -0.2) is 0 Å². The lowest BCUT2D eigenvalue weighted by molar-refractivity contribution is -0.132. The topological polar surface area (TPSA) is 59.0 Å². The van der Waals surface area contributed by atoms with E-state index < -0.39 is 0 Å². The van der Waals surface area contributed by atoms with Gasteiger partial charge in [0, 0.05) is 17.0 Å². The number of nitrogens with zero attached hydrogens (tertiary/aromatic N) is 2. The summed E-state index contributed by atoms with van der Waals surface area (Å²) in [6.07, 6.45) is 7.90. The average Bonchev–Trinajstić information content (AvgIpc) is 3.48. The van der Waals surface area contributed by atoms with Gasteiger partial charge < -0.3 is 9.26 Å². The zero-order valence-corrected chi connectivity index (χ0v) is 17.2. The fourth-order valence-corrected chi connectivity index (χ4v) is 5.39. The highest BCUT2D eigenvalue weighted by Gasteiger charge is 2.50. The fourth-order valence-electron chi connectivity index (χ4n) is 4.81. The molecule has 0 saturated heterocycles. The molecule has 6 rings (SSSR count). The first kappa shape index (κ1) is 18.5. The highest BCUT2D eigenvalue weighted by atomic mass is 35.5. The third-order valence-corrected chi connectivity index (χ3v) is 7.53. The summed E-state index contributed by atoms with van der Waals surface area (Å²) in [5.74, 6) is 1.34. The SMILES string of the molecule is N#CC12CCC(OCc3c(-c4c(Cl)cccc4Cl)noc3C3CC3)(CC1)CC2. The summed E-state index contributed by atoms with van der Waals surface area (Å²) in [5, 5.41) is 15.0. The van der Waals surface area contributed by atoms with Crippen LogP contribution in [0.2, 0.25) is 10.0 Å². The van der Waals surface area contributed by atoms with E-state index in [1.54, 1.807) is 0 Å². The van der Waals surface area contributed by atoms with Gasteiger partial charge in [0.15, 0.2) is 0 Å². The van der Waals surface area contributed by atoms with Crippen LogP contribution >= 0.6 is 23.2 Å². The quantitative estimate of drug-likeness (QED) is 0.546. The molecule has 2 bridgehead atoms. The first-order valence-corrected chi connectivity index (χ1v) is 10.8. The number of hydrogen-bond donors (Lipinski definition) is 0. The van der Waals surface area contributed by atoms with Crippen molar-refractivity contribution in [2.75, 3.05) is 0 Å². The van der Waals surface area contributed by atoms with Crippen LogP contribution in [0.25, 0.3) is 11.3 Å². The Morgan fingerprint density at radius 3 is 2.32 bits per heavy atom. The van der Waals surface area contributed by atoms with Crippen LogP contribution in [0, 0.1) is 16.7 Å². The van der Waals surface area contributed by atoms with E-state index in [4.69, 9.17) is 32.5 Å². The Kier molecular flexibility index (Phi) is 4.46. The fraction of sp³-hybridized carbons (Fsp3) is 0.545. The average molecular weight is 417 g/mol. The van der Waals surface area contributed by atoms with Crippen molar-refractivity contribution >= 4 is 23.2 Å². The molecular weight excluding hydrogens is 395 g/mol. The molecule has 0 unspecified atom stereocenters. The number of aromatic nitrogens is 1. The maximum absolute atomic E-state index is 9.51. The minimum absolute atomic E-state index is 0.113. The maximum atomic E-state index is 9.51. The molecule has 1 aromatic carbocycles. The summed E-state index contributed by atoms with van der Waals surface area (Å²) < 4.78 is 12.3. The van der Waals surface area contributed by atoms with Crippen molar-refractivity contribution in [3.63, 3.8) is 0 Å². The van der Waals surface area contributed by atoms with Gasteiger partial charge in [0.2, 0.25) is 0 Å². The Bertz CT molecular complexity index is 913. The Labute approximate surface area is 174 Å². The predicted molar refractivity (Wildman–Crippen MR) is 107 cm³/mol. The van der Waals surface area contributed by atoms with Crippen LogP contribution in [-0.4, -0.2) is 10.8 Å². The largest absolute Gasteiger partial charge is 0.370 e. The first-order valence-electron chi connectivity index (χ1n) is 10.0. The molecule has 0 radical (unpaired) electrons. The van der Waals surface area contributed by atoms with Crippen molar-refractivity contribution in [2.24, 2.45) is 5.41 Å². The lowest BCUT2D eigenvalue weighted by Gasteiger charge is -2.50. The van der Waals surface area contributed by atoms with Gasteiger partial charge in [0.1, 0.15) is 11.5 Å². The zero-order chi connectivity index (χ0) is 19.4. The van der Waals surface area contributed by atoms with E-state index in [-0.39, 0.29) is 11.0 Å². The molecule has 2 aromatic rings. The van der Waals surface area contributed by atoms with Gasteiger partial charge >= 0.3 is 0 Å². The molecule has 0 amide bonds. The van der Waals surface area contributed by atoms with Crippen LogP contribution in [0.1, 0.15) is 68.6 Å². The standard InChI is InChI=1S/C22H22Cl2N2O2/c23-16-2-1-3-17(24)18(16)19-15(20(28-26-19)14-4-5-14)12-27-22-9-6-21(13-25,7-10-22)8-11-22/h1-3,14H,4-12H2. The van der Waals surface area contributed by atoms with Crippen LogP contribution in [0.3, 0.4) is 0 Å². The number of benzene rings is 1. The Morgan fingerprint density at radius 1 is 1.11 bits per heavy atom. The minimum atomic E-state index is -0.127. The van der Waals surface area contributed by atoms with Crippen LogP contribution < -0.4 is 0 Å². The molecule has 4 aliphatic rings. The van der Waals surface area contributed by atoms with Crippen LogP contribution in [0.5, 0.6) is 0 Å². The van der Waals surface area contributed by atoms with Crippen LogP contribution in [-0.2, 0) is 11.3 Å². The molecule has 4 nitrogen and oxygen atoms in total. The molecule has 0 spiro atoms. The summed E-state index contributed by atoms with van der Waals surface area (Å²) in [4.78, 5) is 0. The molecule has 146 valence electrons. The van der Waals surface area contributed by atoms with E-state index in [1.165, 1.54) is 0 Å². The monoisotopic (exact) mass is 416 g/mol. The number of hydrogen-bond acceptors (Lipinski definition) is 4. The van der Waals surface area contributed by atoms with Gasteiger partial charge in [-0.3, -0.25) is 0 Å². The van der Waals surface area contributed by atoms with E-state index in [2.05, 4.69) is 11.2 Å². The summed E-state index contributed by atoms with van der Waals surface area (Å²) in [6.45, 7) is 0.450. The smallest absolute Gasteiger partial charge is 0.145 e. The molecule has 0 atom stereocenters. The van der Waals surface area contributed by atoms with Gasteiger partial charge in [-0.1, -0.05) is 34.4 Å². The van der Waals surface area contributed by atoms with Gasteiger partial charge in [0.25, 0.3) is 0 Å². The second-order valence-electron chi connectivity index (χ2n) is 8.61. The number of fused-ring (bicyclic) bond motifs is 3. The predicted octanol–water partition coefficient (Wildman–Crippen LogP) is 6.66. The normalized spacial score (nSPS) is 29.0. The molecule has 0 aliphatic heterocycles. The summed E-state index contributed by atoms with van der Waals surface area (Å²) >= 11 is 12.9. The number of nitriles is 1. The van der Waals surface area contributed by atoms with Crippen molar-refractivity contribution in [1.82, 2.24) is 5.16 Å². The third-order valence-electron chi connectivity index (χ3n) is 6.90. The lowest BCUT2D eigenvalue weighted by Crippen LogP contribution is -2.47. The summed E-state index contributed by atoms with van der Waals surface area (Å²) in [7, 11) is 0. The van der Waals surface area contributed by atoms with Gasteiger partial charge in [-0.15, -0.1) is 0 Å². The Balaban J connectivity index is 1.44. The molecule has 4 fully saturated rings. The van der Waals surface area contributed by atoms with Gasteiger partial charge in [0.05, 0.1) is 33.7 Å². The number of ether oxygens (including phenoxy) is 1. The molecule has 28 heavy (non-hydrogen) atoms. The lowest BCUT2D eigenvalue weighted by atomic mass is 9.59. The Hall–Kier alpha value is -1.54. The van der Waals surface area contributed by atoms with Crippen LogP contribution in [0.4, 0.5) is 0 Å². The van der Waals surface area contributed by atoms with Crippen LogP contribution in [0.15, 0.2) is 22.7 Å². The summed E-state index contributed by atoms with van der Waals surface area (Å²) in [6, 6.07) is 8.03. The van der Waals surface area contributed by atoms with E-state index in [0.29, 0.717) is 33.8 Å². The van der Waals surface area contributed by atoms with Crippen molar-refractivity contribution in [2.45, 2.75) is 69.5 Å². The molecular formula is C22H22Cl2N2O2. The van der Waals surface area contributed by atoms with E-state index in [9.17, 15) is 5.26 Å². The molecule has 1 aromatic heterocycles. The number of rotatable bonds is 5. The highest BCUT2D eigenvalue weighted by Crippen LogP contribution is 2.54. The van der Waals surface area contributed by atoms with Gasteiger partial charge in [-0.05, 0) is 63.5 Å². The maximum Gasteiger partial charge on any atom is 0.145 e. The highest BCUT2D eigenvalue weighted by molar-refractivity contribution is 6.39. The Morgan fingerprint density at radius 2 is 1.75 bits per heavy atom. The first-order chi connectivity index (χ1) is 13.5. The summed E-state index contributed by atoms with van der Waals surface area (Å²) in [5.41, 5.74) is 2.16. The third kappa shape index (κ3) is 3.05. The zero-order valence-electron chi connectivity index (χ0n) is 15.6. The molecule has 6 heteroatoms. The van der Waals surface area contributed by atoms with Gasteiger partial charge in [-0.2, -0.15) is 5.26 Å². The van der Waals surface area contributed by atoms with E-state index in [0.717, 1.165) is 62.7 Å². The van der Waals surface area contributed by atoms with Crippen molar-refractivity contribution in [3.8, 4) is 17.3 Å². The second-order valence-corrected chi connectivity index (χ2v) is 9.42. The van der Waals surface area contributed by atoms with E-state index in [1.807, 2.05) is 18.2 Å². The molecule has 0 N–H and O–H groups in total. The van der Waals surface area contributed by atoms with Crippen molar-refractivity contribution in [3.05, 3.63) is 39.6 Å². The van der Waals surface area contributed by atoms with Crippen molar-refractivity contribution in [1.29, 1.82) is 5.26 Å². The molecule has 4 saturated carbocycles. The van der Waals surface area contributed by atoms with Crippen molar-refractivity contribution < 1.29 is 9.26 Å². The second kappa shape index (κ2) is 6.76. The molecule has 4 aliphatic carbocycles. The minimum Gasteiger partial charge on any atom is -0.370 e. The molecule has 1 heterocycles. The van der Waals surface area contributed by atoms with E-state index >= 15 is 0 Å². The number of halogens is 2.